The summed E-state index contributed by atoms with van der Waals surface area (Å²) in [6.45, 7) is 0.815. The minimum absolute atomic E-state index is 0.0790. The maximum Gasteiger partial charge on any atom is 0.331 e. The van der Waals surface area contributed by atoms with Gasteiger partial charge in [0.05, 0.1) is 26.5 Å². The number of benzene rings is 2. The van der Waals surface area contributed by atoms with Crippen LogP contribution in [0.15, 0.2) is 83.1 Å². The third-order valence-corrected chi connectivity index (χ3v) is 5.86. The van der Waals surface area contributed by atoms with Gasteiger partial charge in [-0.05, 0) is 36.4 Å². The number of rotatable bonds is 8. The number of ether oxygens (including phenoxy) is 2. The molecule has 0 spiro atoms. The fourth-order valence-corrected chi connectivity index (χ4v) is 4.12. The topological polar surface area (TPSA) is 103 Å². The summed E-state index contributed by atoms with van der Waals surface area (Å²) < 4.78 is 18.5. The maximum absolute atomic E-state index is 13.1. The highest BCUT2D eigenvalue weighted by molar-refractivity contribution is 6.31. The van der Waals surface area contributed by atoms with Gasteiger partial charge >= 0.3 is 6.03 Å². The Morgan fingerprint density at radius 2 is 1.75 bits per heavy atom. The number of nitrogens with one attached hydrogen (secondary N) is 1. The third-order valence-electron chi connectivity index (χ3n) is 5.86. The lowest BCUT2D eigenvalue weighted by Gasteiger charge is -2.25. The number of carbonyl (C=O) groups is 3. The number of barbiturate groups is 1. The molecule has 3 heterocycles. The SMILES string of the molecule is COc1ccccc1OCCn1cc(C=C2C(=O)NC(=O)N(Cc3ccco3)C2=O)c2ccccc21. The first kappa shape index (κ1) is 23.0. The summed E-state index contributed by atoms with van der Waals surface area (Å²) in [7, 11) is 1.59. The van der Waals surface area contributed by atoms with Crippen molar-refractivity contribution in [3.63, 3.8) is 0 Å². The Kier molecular flexibility index (Phi) is 6.27. The first-order valence-corrected chi connectivity index (χ1v) is 11.3. The zero-order valence-corrected chi connectivity index (χ0v) is 19.5. The number of hydrogen-bond acceptors (Lipinski definition) is 6. The minimum atomic E-state index is -0.783. The smallest absolute Gasteiger partial charge is 0.331 e. The molecule has 0 atom stereocenters. The van der Waals surface area contributed by atoms with Crippen LogP contribution in [0.4, 0.5) is 4.79 Å². The lowest BCUT2D eigenvalue weighted by Crippen LogP contribution is -2.53. The van der Waals surface area contributed by atoms with E-state index >= 15 is 0 Å². The molecular formula is C27H23N3O6. The number of urea groups is 1. The molecular weight excluding hydrogens is 462 g/mol. The van der Waals surface area contributed by atoms with E-state index in [0.717, 1.165) is 15.8 Å². The van der Waals surface area contributed by atoms with Gasteiger partial charge in [-0.3, -0.25) is 19.8 Å². The molecule has 9 heteroatoms. The Hall–Kier alpha value is -4.79. The molecule has 1 aliphatic rings. The van der Waals surface area contributed by atoms with Crippen molar-refractivity contribution < 1.29 is 28.3 Å². The number of nitrogens with zero attached hydrogens (tertiary/aromatic N) is 2. The number of hydrogen-bond donors (Lipinski definition) is 1. The highest BCUT2D eigenvalue weighted by atomic mass is 16.5. The van der Waals surface area contributed by atoms with Gasteiger partial charge in [-0.25, -0.2) is 4.79 Å². The van der Waals surface area contributed by atoms with Gasteiger partial charge < -0.3 is 18.5 Å². The van der Waals surface area contributed by atoms with Crippen LogP contribution in [0.1, 0.15) is 11.3 Å². The third kappa shape index (κ3) is 4.46. The summed E-state index contributed by atoms with van der Waals surface area (Å²) in [6.07, 6.45) is 4.83. The monoisotopic (exact) mass is 485 g/mol. The van der Waals surface area contributed by atoms with Crippen molar-refractivity contribution in [1.29, 1.82) is 0 Å². The quantitative estimate of drug-likeness (QED) is 0.299. The van der Waals surface area contributed by atoms with Gasteiger partial charge in [-0.15, -0.1) is 0 Å². The normalized spacial score (nSPS) is 15.0. The Bertz CT molecular complexity index is 1470. The number of amides is 4. The van der Waals surface area contributed by atoms with Gasteiger partial charge in [0.2, 0.25) is 0 Å². The molecule has 0 radical (unpaired) electrons. The Morgan fingerprint density at radius 1 is 0.972 bits per heavy atom. The first-order chi connectivity index (χ1) is 17.5. The largest absolute Gasteiger partial charge is 0.493 e. The molecule has 4 aromatic rings. The van der Waals surface area contributed by atoms with Crippen molar-refractivity contribution in [1.82, 2.24) is 14.8 Å². The van der Waals surface area contributed by atoms with E-state index in [1.807, 2.05) is 59.3 Å². The second kappa shape index (κ2) is 9.83. The fourth-order valence-electron chi connectivity index (χ4n) is 4.12. The Morgan fingerprint density at radius 3 is 2.53 bits per heavy atom. The predicted octanol–water partition coefficient (Wildman–Crippen LogP) is 3.98. The van der Waals surface area contributed by atoms with Crippen LogP contribution in [-0.4, -0.2) is 41.0 Å². The van der Waals surface area contributed by atoms with Crippen molar-refractivity contribution in [2.45, 2.75) is 13.1 Å². The zero-order valence-electron chi connectivity index (χ0n) is 19.5. The number of imide groups is 2. The molecule has 0 bridgehead atoms. The minimum Gasteiger partial charge on any atom is -0.493 e. The highest BCUT2D eigenvalue weighted by Crippen LogP contribution is 2.27. The maximum atomic E-state index is 13.1. The number of carbonyl (C=O) groups excluding carboxylic acids is 3. The lowest BCUT2D eigenvalue weighted by atomic mass is 10.1. The summed E-state index contributed by atoms with van der Waals surface area (Å²) >= 11 is 0. The van der Waals surface area contributed by atoms with Crippen LogP contribution in [0.2, 0.25) is 0 Å². The zero-order chi connectivity index (χ0) is 25.1. The van der Waals surface area contributed by atoms with Gasteiger partial charge in [0.25, 0.3) is 11.8 Å². The molecule has 0 saturated carbocycles. The van der Waals surface area contributed by atoms with Gasteiger partial charge in [0, 0.05) is 22.7 Å². The van der Waals surface area contributed by atoms with Gasteiger partial charge in [-0.2, -0.15) is 0 Å². The molecule has 0 unspecified atom stereocenters. The summed E-state index contributed by atoms with van der Waals surface area (Å²) in [5, 5.41) is 3.10. The number of methoxy groups -OCH3 is 1. The average Bonchev–Trinajstić information content (AvgIpc) is 3.53. The van der Waals surface area contributed by atoms with E-state index in [4.69, 9.17) is 13.9 Å². The second-order valence-corrected chi connectivity index (χ2v) is 8.08. The Balaban J connectivity index is 1.41. The van der Waals surface area contributed by atoms with E-state index in [2.05, 4.69) is 5.32 Å². The molecule has 182 valence electrons. The van der Waals surface area contributed by atoms with Gasteiger partial charge in [0.15, 0.2) is 11.5 Å². The van der Waals surface area contributed by atoms with Crippen LogP contribution < -0.4 is 14.8 Å². The van der Waals surface area contributed by atoms with Crippen LogP contribution in [0.3, 0.4) is 0 Å². The van der Waals surface area contributed by atoms with Crippen molar-refractivity contribution in [3.8, 4) is 11.5 Å². The summed E-state index contributed by atoms with van der Waals surface area (Å²) in [6, 6.07) is 17.6. The molecule has 0 aliphatic carbocycles. The molecule has 36 heavy (non-hydrogen) atoms. The van der Waals surface area contributed by atoms with Gasteiger partial charge in [-0.1, -0.05) is 30.3 Å². The first-order valence-electron chi connectivity index (χ1n) is 11.3. The number of para-hydroxylation sites is 3. The van der Waals surface area contributed by atoms with E-state index in [0.29, 0.717) is 36.0 Å². The van der Waals surface area contributed by atoms with E-state index in [-0.39, 0.29) is 12.1 Å². The average molecular weight is 485 g/mol. The highest BCUT2D eigenvalue weighted by Gasteiger charge is 2.36. The molecule has 2 aromatic carbocycles. The molecule has 1 fully saturated rings. The van der Waals surface area contributed by atoms with Crippen molar-refractivity contribution >= 4 is 34.8 Å². The number of aromatic nitrogens is 1. The predicted molar refractivity (Wildman–Crippen MR) is 131 cm³/mol. The molecule has 5 rings (SSSR count). The molecule has 2 aromatic heterocycles. The van der Waals surface area contributed by atoms with Crippen molar-refractivity contribution in [2.75, 3.05) is 13.7 Å². The summed E-state index contributed by atoms with van der Waals surface area (Å²) in [5.74, 6) is 0.299. The van der Waals surface area contributed by atoms with E-state index in [1.165, 1.54) is 12.3 Å². The molecule has 9 nitrogen and oxygen atoms in total. The number of furan rings is 1. The van der Waals surface area contributed by atoms with Crippen LogP contribution in [-0.2, 0) is 22.7 Å². The fraction of sp³-hybridized carbons (Fsp3) is 0.148. The number of fused-ring (bicyclic) bond motifs is 1. The molecule has 4 amide bonds. The van der Waals surface area contributed by atoms with Crippen LogP contribution >= 0.6 is 0 Å². The van der Waals surface area contributed by atoms with Crippen LogP contribution in [0, 0.1) is 0 Å². The second-order valence-electron chi connectivity index (χ2n) is 8.08. The van der Waals surface area contributed by atoms with E-state index < -0.39 is 17.8 Å². The van der Waals surface area contributed by atoms with Crippen molar-refractivity contribution in [2.24, 2.45) is 0 Å². The van der Waals surface area contributed by atoms with E-state index in [9.17, 15) is 14.4 Å². The van der Waals surface area contributed by atoms with Gasteiger partial charge in [0.1, 0.15) is 17.9 Å². The molecule has 1 saturated heterocycles. The Labute approximate surface area is 206 Å². The standard InChI is InChI=1S/C27H23N3O6/c1-34-23-10-4-5-11-24(23)36-14-12-29-16-18(20-8-2-3-9-22(20)29)15-21-25(31)28-27(33)30(26(21)32)17-19-7-6-13-35-19/h2-11,13,15-16H,12,14,17H2,1H3,(H,28,31,33). The van der Waals surface area contributed by atoms with Crippen LogP contribution in [0.25, 0.3) is 17.0 Å². The summed E-state index contributed by atoms with van der Waals surface area (Å²) in [5.41, 5.74) is 1.46. The van der Waals surface area contributed by atoms with Crippen LogP contribution in [0.5, 0.6) is 11.5 Å². The molecule has 1 N–H and O–H groups in total. The lowest BCUT2D eigenvalue weighted by molar-refractivity contribution is -0.130. The molecule has 1 aliphatic heterocycles. The van der Waals surface area contributed by atoms with Crippen molar-refractivity contribution in [3.05, 3.63) is 90.0 Å². The summed E-state index contributed by atoms with van der Waals surface area (Å²) in [4.78, 5) is 39.0. The van der Waals surface area contributed by atoms with E-state index in [1.54, 1.807) is 19.2 Å².